The standard InChI is InChI=1S/C17H21NO4S/c1-5-18(11-12-7-6-8-23-12)17(19)13-9-15(21-3)16(22-4)10-14(13)20-2/h6-10H,5,11H2,1-4H3. The number of thiophene rings is 1. The molecule has 0 N–H and O–H groups in total. The number of carbonyl (C=O) groups is 1. The molecule has 124 valence electrons. The lowest BCUT2D eigenvalue weighted by atomic mass is 10.1. The average molecular weight is 335 g/mol. The van der Waals surface area contributed by atoms with E-state index >= 15 is 0 Å². The number of hydrogen-bond acceptors (Lipinski definition) is 5. The van der Waals surface area contributed by atoms with Crippen LogP contribution in [-0.2, 0) is 6.54 Å². The number of methoxy groups -OCH3 is 3. The summed E-state index contributed by atoms with van der Waals surface area (Å²) in [6.07, 6.45) is 0. The Labute approximate surface area is 140 Å². The van der Waals surface area contributed by atoms with Gasteiger partial charge in [-0.1, -0.05) is 6.07 Å². The highest BCUT2D eigenvalue weighted by Gasteiger charge is 2.22. The van der Waals surface area contributed by atoms with E-state index in [0.29, 0.717) is 35.9 Å². The van der Waals surface area contributed by atoms with E-state index < -0.39 is 0 Å². The quantitative estimate of drug-likeness (QED) is 0.778. The first-order valence-corrected chi connectivity index (χ1v) is 8.14. The van der Waals surface area contributed by atoms with Crippen molar-refractivity contribution < 1.29 is 19.0 Å². The van der Waals surface area contributed by atoms with E-state index in [1.54, 1.807) is 42.6 Å². The minimum atomic E-state index is -0.0984. The molecule has 0 saturated carbocycles. The minimum Gasteiger partial charge on any atom is -0.496 e. The summed E-state index contributed by atoms with van der Waals surface area (Å²) in [4.78, 5) is 15.8. The maximum atomic E-state index is 12.9. The first-order chi connectivity index (χ1) is 11.1. The van der Waals surface area contributed by atoms with Gasteiger partial charge in [0.25, 0.3) is 5.91 Å². The monoisotopic (exact) mass is 335 g/mol. The molecule has 0 radical (unpaired) electrons. The molecule has 1 amide bonds. The van der Waals surface area contributed by atoms with Crippen LogP contribution in [0.15, 0.2) is 29.6 Å². The molecule has 0 aliphatic rings. The first kappa shape index (κ1) is 17.1. The highest BCUT2D eigenvalue weighted by molar-refractivity contribution is 7.09. The van der Waals surface area contributed by atoms with Crippen LogP contribution in [0.3, 0.4) is 0 Å². The summed E-state index contributed by atoms with van der Waals surface area (Å²) in [6, 6.07) is 7.34. The van der Waals surface area contributed by atoms with Gasteiger partial charge >= 0.3 is 0 Å². The topological polar surface area (TPSA) is 48.0 Å². The molecule has 1 aromatic carbocycles. The van der Waals surface area contributed by atoms with E-state index in [4.69, 9.17) is 14.2 Å². The van der Waals surface area contributed by atoms with Crippen LogP contribution in [0.25, 0.3) is 0 Å². The van der Waals surface area contributed by atoms with Gasteiger partial charge in [0, 0.05) is 23.6 Å². The van der Waals surface area contributed by atoms with Crippen LogP contribution in [0.5, 0.6) is 17.2 Å². The first-order valence-electron chi connectivity index (χ1n) is 7.26. The molecule has 1 aromatic heterocycles. The fraction of sp³-hybridized carbons (Fsp3) is 0.353. The average Bonchev–Trinajstić information content (AvgIpc) is 3.10. The molecule has 0 aliphatic heterocycles. The Morgan fingerprint density at radius 3 is 2.26 bits per heavy atom. The molecule has 0 spiro atoms. The Morgan fingerprint density at radius 2 is 1.74 bits per heavy atom. The summed E-state index contributed by atoms with van der Waals surface area (Å²) in [5.41, 5.74) is 0.462. The van der Waals surface area contributed by atoms with Crippen LogP contribution >= 0.6 is 11.3 Å². The number of benzene rings is 1. The van der Waals surface area contributed by atoms with Gasteiger partial charge in [-0.15, -0.1) is 11.3 Å². The highest BCUT2D eigenvalue weighted by atomic mass is 32.1. The maximum absolute atomic E-state index is 12.9. The second-order valence-corrected chi connectivity index (χ2v) is 5.84. The van der Waals surface area contributed by atoms with Crippen molar-refractivity contribution in [3.63, 3.8) is 0 Å². The summed E-state index contributed by atoms with van der Waals surface area (Å²) in [5.74, 6) is 1.40. The predicted molar refractivity (Wildman–Crippen MR) is 90.8 cm³/mol. The Hall–Kier alpha value is -2.21. The summed E-state index contributed by atoms with van der Waals surface area (Å²) in [6.45, 7) is 3.14. The molecule has 0 unspecified atom stereocenters. The van der Waals surface area contributed by atoms with Crippen LogP contribution in [0.2, 0.25) is 0 Å². The molecule has 0 atom stereocenters. The van der Waals surface area contributed by atoms with Gasteiger partial charge in [0.1, 0.15) is 5.75 Å². The van der Waals surface area contributed by atoms with E-state index in [1.807, 2.05) is 24.4 Å². The molecule has 23 heavy (non-hydrogen) atoms. The van der Waals surface area contributed by atoms with Gasteiger partial charge in [0.15, 0.2) is 11.5 Å². The van der Waals surface area contributed by atoms with Crippen molar-refractivity contribution in [2.75, 3.05) is 27.9 Å². The second kappa shape index (κ2) is 7.87. The number of carbonyl (C=O) groups excluding carboxylic acids is 1. The third kappa shape index (κ3) is 3.76. The van der Waals surface area contributed by atoms with Gasteiger partial charge in [-0.25, -0.2) is 0 Å². The highest BCUT2D eigenvalue weighted by Crippen LogP contribution is 2.35. The van der Waals surface area contributed by atoms with E-state index in [1.165, 1.54) is 7.11 Å². The lowest BCUT2D eigenvalue weighted by Crippen LogP contribution is -2.30. The zero-order valence-electron chi connectivity index (χ0n) is 13.8. The van der Waals surface area contributed by atoms with Crippen LogP contribution in [-0.4, -0.2) is 38.7 Å². The minimum absolute atomic E-state index is 0.0984. The summed E-state index contributed by atoms with van der Waals surface area (Å²) in [7, 11) is 4.63. The van der Waals surface area contributed by atoms with E-state index in [0.717, 1.165) is 4.88 Å². The zero-order valence-corrected chi connectivity index (χ0v) is 14.6. The van der Waals surface area contributed by atoms with Crippen molar-refractivity contribution in [3.05, 3.63) is 40.1 Å². The van der Waals surface area contributed by atoms with Crippen molar-refractivity contribution >= 4 is 17.2 Å². The Bertz CT molecular complexity index is 655. The predicted octanol–water partition coefficient (Wildman–Crippen LogP) is 3.44. The van der Waals surface area contributed by atoms with Gasteiger partial charge in [0.2, 0.25) is 0 Å². The van der Waals surface area contributed by atoms with Crippen molar-refractivity contribution in [3.8, 4) is 17.2 Å². The Morgan fingerprint density at radius 1 is 1.09 bits per heavy atom. The number of nitrogens with zero attached hydrogens (tertiary/aromatic N) is 1. The van der Waals surface area contributed by atoms with Crippen molar-refractivity contribution in [1.82, 2.24) is 4.90 Å². The molecule has 2 aromatic rings. The molecule has 0 saturated heterocycles. The molecule has 0 fully saturated rings. The van der Waals surface area contributed by atoms with Gasteiger partial charge in [0.05, 0.1) is 33.4 Å². The van der Waals surface area contributed by atoms with Crippen molar-refractivity contribution in [1.29, 1.82) is 0 Å². The lowest BCUT2D eigenvalue weighted by Gasteiger charge is -2.22. The number of rotatable bonds is 7. The fourth-order valence-electron chi connectivity index (χ4n) is 2.28. The van der Waals surface area contributed by atoms with Gasteiger partial charge in [-0.05, 0) is 18.4 Å². The summed E-state index contributed by atoms with van der Waals surface area (Å²) in [5, 5.41) is 2.00. The lowest BCUT2D eigenvalue weighted by molar-refractivity contribution is 0.0750. The number of ether oxygens (including phenoxy) is 3. The smallest absolute Gasteiger partial charge is 0.258 e. The third-order valence-corrected chi connectivity index (χ3v) is 4.39. The number of hydrogen-bond donors (Lipinski definition) is 0. The van der Waals surface area contributed by atoms with Crippen LogP contribution in [0.1, 0.15) is 22.2 Å². The van der Waals surface area contributed by atoms with E-state index in [-0.39, 0.29) is 5.91 Å². The van der Waals surface area contributed by atoms with E-state index in [9.17, 15) is 4.79 Å². The molecule has 0 bridgehead atoms. The molecular weight excluding hydrogens is 314 g/mol. The maximum Gasteiger partial charge on any atom is 0.258 e. The second-order valence-electron chi connectivity index (χ2n) is 4.81. The molecule has 5 nitrogen and oxygen atoms in total. The molecule has 0 aliphatic carbocycles. The van der Waals surface area contributed by atoms with Gasteiger partial charge < -0.3 is 19.1 Å². The Balaban J connectivity index is 2.35. The Kier molecular flexibility index (Phi) is 5.87. The fourth-order valence-corrected chi connectivity index (χ4v) is 3.00. The zero-order chi connectivity index (χ0) is 16.8. The van der Waals surface area contributed by atoms with Crippen LogP contribution in [0, 0.1) is 0 Å². The molecule has 2 rings (SSSR count). The molecule has 6 heteroatoms. The van der Waals surface area contributed by atoms with Crippen molar-refractivity contribution in [2.24, 2.45) is 0 Å². The third-order valence-electron chi connectivity index (χ3n) is 3.53. The van der Waals surface area contributed by atoms with Crippen LogP contribution < -0.4 is 14.2 Å². The molecule has 1 heterocycles. The SMILES string of the molecule is CCN(Cc1cccs1)C(=O)c1cc(OC)c(OC)cc1OC. The van der Waals surface area contributed by atoms with Crippen LogP contribution in [0.4, 0.5) is 0 Å². The van der Waals surface area contributed by atoms with Gasteiger partial charge in [-0.3, -0.25) is 4.79 Å². The van der Waals surface area contributed by atoms with Gasteiger partial charge in [-0.2, -0.15) is 0 Å². The summed E-state index contributed by atoms with van der Waals surface area (Å²) < 4.78 is 15.9. The normalized spacial score (nSPS) is 10.3. The van der Waals surface area contributed by atoms with E-state index in [2.05, 4.69) is 0 Å². The number of amides is 1. The molecular formula is C17H21NO4S. The summed E-state index contributed by atoms with van der Waals surface area (Å²) >= 11 is 1.63. The largest absolute Gasteiger partial charge is 0.496 e. The van der Waals surface area contributed by atoms with Crippen molar-refractivity contribution in [2.45, 2.75) is 13.5 Å².